The van der Waals surface area contributed by atoms with Crippen LogP contribution >= 0.6 is 24.8 Å². The molecule has 114 valence electrons. The number of hydrogen-bond donors (Lipinski definition) is 2. The smallest absolute Gasteiger partial charge is 0.144 e. The number of rotatable bonds is 3. The molecule has 21 heavy (non-hydrogen) atoms. The minimum absolute atomic E-state index is 0. The highest BCUT2D eigenvalue weighted by Crippen LogP contribution is 2.38. The Morgan fingerprint density at radius 3 is 1.48 bits per heavy atom. The Morgan fingerprint density at radius 2 is 1.19 bits per heavy atom. The highest BCUT2D eigenvalue weighted by atomic mass is 35.5. The Balaban J connectivity index is 0.00000200. The second-order valence-corrected chi connectivity index (χ2v) is 4.86. The third kappa shape index (κ3) is 3.31. The molecule has 0 aromatic heterocycles. The molecule has 0 radical (unpaired) electrons. The van der Waals surface area contributed by atoms with E-state index in [-0.39, 0.29) is 30.6 Å². The number of Topliss-reactive ketones (excluding diaryl/α,β-unsaturated/α-hetero) is 1. The first-order chi connectivity index (χ1) is 8.98. The third-order valence-electron chi connectivity index (χ3n) is 3.70. The summed E-state index contributed by atoms with van der Waals surface area (Å²) in [4.78, 5) is 12.3. The van der Waals surface area contributed by atoms with Crippen molar-refractivity contribution in [1.82, 2.24) is 0 Å². The van der Waals surface area contributed by atoms with Gasteiger partial charge in [0.25, 0.3) is 0 Å². The fraction of sp³-hybridized carbons (Fsp3) is 0.188. The molecule has 0 aliphatic heterocycles. The van der Waals surface area contributed by atoms with E-state index in [0.717, 1.165) is 11.1 Å². The van der Waals surface area contributed by atoms with Gasteiger partial charge in [0.15, 0.2) is 0 Å². The molecule has 0 aliphatic carbocycles. The van der Waals surface area contributed by atoms with Crippen molar-refractivity contribution in [3.63, 3.8) is 0 Å². The number of carbonyl (C=O) groups excluding carboxylic acids is 1. The number of benzene rings is 2. The first-order valence-electron chi connectivity index (χ1n) is 6.19. The first kappa shape index (κ1) is 19.3. The second-order valence-electron chi connectivity index (χ2n) is 4.86. The zero-order valence-electron chi connectivity index (χ0n) is 12.0. The van der Waals surface area contributed by atoms with Gasteiger partial charge in [0, 0.05) is 11.4 Å². The molecule has 5 heteroatoms. The monoisotopic (exact) mass is 326 g/mol. The minimum Gasteiger partial charge on any atom is -0.398 e. The molecule has 0 fully saturated rings. The molecule has 2 aromatic carbocycles. The molecule has 0 heterocycles. The summed E-state index contributed by atoms with van der Waals surface area (Å²) in [6.07, 6.45) is 0. The Bertz CT molecular complexity index is 584. The van der Waals surface area contributed by atoms with Gasteiger partial charge in [-0.25, -0.2) is 0 Å². The maximum absolute atomic E-state index is 12.3. The predicted molar refractivity (Wildman–Crippen MR) is 93.3 cm³/mol. The van der Waals surface area contributed by atoms with Crippen molar-refractivity contribution in [1.29, 1.82) is 0 Å². The van der Waals surface area contributed by atoms with E-state index >= 15 is 0 Å². The van der Waals surface area contributed by atoms with Gasteiger partial charge in [-0.2, -0.15) is 0 Å². The van der Waals surface area contributed by atoms with E-state index in [1.165, 1.54) is 0 Å². The Hall–Kier alpha value is -1.71. The summed E-state index contributed by atoms with van der Waals surface area (Å²) in [6, 6.07) is 14.8. The van der Waals surface area contributed by atoms with E-state index in [1.54, 1.807) is 19.1 Å². The van der Waals surface area contributed by atoms with Gasteiger partial charge in [-0.3, -0.25) is 4.79 Å². The average Bonchev–Trinajstić information content (AvgIpc) is 2.38. The lowest BCUT2D eigenvalue weighted by atomic mass is 9.72. The van der Waals surface area contributed by atoms with Crippen LogP contribution in [0.15, 0.2) is 48.5 Å². The lowest BCUT2D eigenvalue weighted by molar-refractivity contribution is -0.120. The number of anilines is 2. The molecule has 2 aromatic rings. The van der Waals surface area contributed by atoms with Crippen molar-refractivity contribution in [2.75, 3.05) is 11.5 Å². The summed E-state index contributed by atoms with van der Waals surface area (Å²) in [5.74, 6) is 0.0169. The minimum atomic E-state index is -0.823. The van der Waals surface area contributed by atoms with Crippen molar-refractivity contribution in [3.8, 4) is 0 Å². The maximum Gasteiger partial charge on any atom is 0.144 e. The van der Waals surface area contributed by atoms with Crippen LogP contribution in [0.4, 0.5) is 11.4 Å². The van der Waals surface area contributed by atoms with E-state index in [2.05, 4.69) is 0 Å². The maximum atomic E-state index is 12.3. The fourth-order valence-corrected chi connectivity index (χ4v) is 2.43. The first-order valence-corrected chi connectivity index (χ1v) is 6.19. The van der Waals surface area contributed by atoms with Crippen LogP contribution in [0.2, 0.25) is 0 Å². The molecule has 0 aliphatic rings. The fourth-order valence-electron chi connectivity index (χ4n) is 2.43. The summed E-state index contributed by atoms with van der Waals surface area (Å²) >= 11 is 0. The van der Waals surface area contributed by atoms with Crippen LogP contribution < -0.4 is 11.5 Å². The van der Waals surface area contributed by atoms with E-state index in [0.29, 0.717) is 11.4 Å². The van der Waals surface area contributed by atoms with Crippen molar-refractivity contribution in [2.24, 2.45) is 0 Å². The van der Waals surface area contributed by atoms with Crippen molar-refractivity contribution in [3.05, 3.63) is 59.7 Å². The molecule has 4 N–H and O–H groups in total. The summed E-state index contributed by atoms with van der Waals surface area (Å²) in [5, 5.41) is 0. The quantitative estimate of drug-likeness (QED) is 0.847. The third-order valence-corrected chi connectivity index (χ3v) is 3.70. The summed E-state index contributed by atoms with van der Waals surface area (Å²) in [7, 11) is 0. The molecule has 0 saturated carbocycles. The SMILES string of the molecule is CC(=O)C(C)(c1ccccc1N)c1ccccc1N.Cl.Cl. The molecule has 0 saturated heterocycles. The lowest BCUT2D eigenvalue weighted by Crippen LogP contribution is -2.33. The standard InChI is InChI=1S/C16H18N2O.2ClH/c1-11(19)16(2,12-7-3-5-9-14(12)17)13-8-4-6-10-15(13)18;;/h3-10H,17-18H2,1-2H3;2*1H. The van der Waals surface area contributed by atoms with Crippen molar-refractivity contribution >= 4 is 42.0 Å². The number of carbonyl (C=O) groups is 1. The average molecular weight is 327 g/mol. The zero-order chi connectivity index (χ0) is 14.0. The van der Waals surface area contributed by atoms with Crippen LogP contribution in [0.5, 0.6) is 0 Å². The van der Waals surface area contributed by atoms with E-state index < -0.39 is 5.41 Å². The number of nitrogen functional groups attached to an aromatic ring is 2. The number of hydrogen-bond acceptors (Lipinski definition) is 3. The molecule has 0 amide bonds. The molecule has 0 bridgehead atoms. The molecular weight excluding hydrogens is 307 g/mol. The van der Waals surface area contributed by atoms with Gasteiger partial charge >= 0.3 is 0 Å². The number of para-hydroxylation sites is 2. The molecule has 0 spiro atoms. The molecule has 0 atom stereocenters. The van der Waals surface area contributed by atoms with Crippen molar-refractivity contribution in [2.45, 2.75) is 19.3 Å². The van der Waals surface area contributed by atoms with E-state index in [1.807, 2.05) is 43.3 Å². The summed E-state index contributed by atoms with van der Waals surface area (Å²) in [6.45, 7) is 3.44. The van der Waals surface area contributed by atoms with Crippen LogP contribution in [0.3, 0.4) is 0 Å². The molecule has 0 unspecified atom stereocenters. The number of ketones is 1. The van der Waals surface area contributed by atoms with Crippen molar-refractivity contribution < 1.29 is 4.79 Å². The van der Waals surface area contributed by atoms with Crippen LogP contribution in [-0.2, 0) is 10.2 Å². The van der Waals surface area contributed by atoms with Crippen LogP contribution in [0.25, 0.3) is 0 Å². The molecule has 3 nitrogen and oxygen atoms in total. The van der Waals surface area contributed by atoms with Crippen LogP contribution in [-0.4, -0.2) is 5.78 Å². The van der Waals surface area contributed by atoms with Crippen LogP contribution in [0.1, 0.15) is 25.0 Å². The Morgan fingerprint density at radius 1 is 0.857 bits per heavy atom. The Labute approximate surface area is 137 Å². The highest BCUT2D eigenvalue weighted by molar-refractivity contribution is 5.94. The second kappa shape index (κ2) is 7.34. The Kier molecular flexibility index (Phi) is 6.74. The topological polar surface area (TPSA) is 69.1 Å². The normalized spacial score (nSPS) is 10.2. The highest BCUT2D eigenvalue weighted by Gasteiger charge is 2.36. The molecular formula is C16H20Cl2N2O. The number of halogens is 2. The van der Waals surface area contributed by atoms with Gasteiger partial charge in [0.05, 0.1) is 5.41 Å². The van der Waals surface area contributed by atoms with Gasteiger partial charge in [-0.1, -0.05) is 36.4 Å². The van der Waals surface area contributed by atoms with Gasteiger partial charge in [-0.15, -0.1) is 24.8 Å². The van der Waals surface area contributed by atoms with E-state index in [4.69, 9.17) is 11.5 Å². The number of nitrogens with two attached hydrogens (primary N) is 2. The van der Waals surface area contributed by atoms with Gasteiger partial charge in [0.2, 0.25) is 0 Å². The zero-order valence-corrected chi connectivity index (χ0v) is 13.6. The molecule has 2 rings (SSSR count). The lowest BCUT2D eigenvalue weighted by Gasteiger charge is -2.30. The van der Waals surface area contributed by atoms with Gasteiger partial charge in [0.1, 0.15) is 5.78 Å². The summed E-state index contributed by atoms with van der Waals surface area (Å²) in [5.41, 5.74) is 14.0. The van der Waals surface area contributed by atoms with E-state index in [9.17, 15) is 4.79 Å². The van der Waals surface area contributed by atoms with Crippen LogP contribution in [0, 0.1) is 0 Å². The van der Waals surface area contributed by atoms with Gasteiger partial charge < -0.3 is 11.5 Å². The predicted octanol–water partition coefficient (Wildman–Crippen LogP) is 3.59. The summed E-state index contributed by atoms with van der Waals surface area (Å²) < 4.78 is 0. The largest absolute Gasteiger partial charge is 0.398 e. The van der Waals surface area contributed by atoms with Gasteiger partial charge in [-0.05, 0) is 37.1 Å².